The van der Waals surface area contributed by atoms with Crippen molar-refractivity contribution < 1.29 is 14.3 Å². The zero-order chi connectivity index (χ0) is 23.4. The number of thiazole rings is 1. The number of rotatable bonds is 8. The molecule has 0 saturated heterocycles. The van der Waals surface area contributed by atoms with Gasteiger partial charge in [-0.3, -0.25) is 4.79 Å². The van der Waals surface area contributed by atoms with Gasteiger partial charge in [-0.05, 0) is 24.6 Å². The number of aromatic nitrogens is 3. The summed E-state index contributed by atoms with van der Waals surface area (Å²) in [7, 11) is 0. The second kappa shape index (κ2) is 10.4. The minimum absolute atomic E-state index is 0.0993. The molecule has 1 N–H and O–H groups in total. The molecule has 0 fully saturated rings. The Bertz CT molecular complexity index is 1330. The lowest BCUT2D eigenvalue weighted by atomic mass is 10.1. The number of nitrogens with zero attached hydrogens (tertiary/aromatic N) is 3. The molecule has 33 heavy (non-hydrogen) atoms. The fourth-order valence-electron chi connectivity index (χ4n) is 2.93. The topological polar surface area (TPSA) is 94.1 Å². The molecule has 0 saturated carbocycles. The Hall–Kier alpha value is -2.79. The zero-order valence-electron chi connectivity index (χ0n) is 17.3. The van der Waals surface area contributed by atoms with Crippen molar-refractivity contribution in [3.8, 4) is 11.1 Å². The van der Waals surface area contributed by atoms with E-state index >= 15 is 0 Å². The SMILES string of the molecule is C=CCOC(=O)c1nc(NC(=O)CSc2ncnc3scc(-c4ccc(Cl)cc4)c23)sc1C. The van der Waals surface area contributed by atoms with Gasteiger partial charge in [-0.1, -0.05) is 48.2 Å². The van der Waals surface area contributed by atoms with Crippen molar-refractivity contribution in [1.29, 1.82) is 0 Å². The summed E-state index contributed by atoms with van der Waals surface area (Å²) in [6, 6.07) is 7.56. The van der Waals surface area contributed by atoms with E-state index in [1.807, 2.05) is 29.6 Å². The predicted octanol–water partition coefficient (Wildman–Crippen LogP) is 5.85. The Morgan fingerprint density at radius 2 is 2.06 bits per heavy atom. The number of hydrogen-bond acceptors (Lipinski definition) is 9. The third-order valence-corrected chi connectivity index (χ3v) is 7.41. The number of aryl methyl sites for hydroxylation is 1. The first-order valence-electron chi connectivity index (χ1n) is 9.62. The summed E-state index contributed by atoms with van der Waals surface area (Å²) < 4.78 is 5.02. The van der Waals surface area contributed by atoms with Crippen LogP contribution in [0.3, 0.4) is 0 Å². The second-order valence-corrected chi connectivity index (χ2v) is 10.1. The highest BCUT2D eigenvalue weighted by Crippen LogP contribution is 2.38. The molecule has 0 unspecified atom stereocenters. The van der Waals surface area contributed by atoms with Crippen LogP contribution in [0.1, 0.15) is 15.4 Å². The first-order valence-corrected chi connectivity index (χ1v) is 12.7. The smallest absolute Gasteiger partial charge is 0.358 e. The number of halogens is 1. The van der Waals surface area contributed by atoms with E-state index in [2.05, 4.69) is 26.8 Å². The second-order valence-electron chi connectivity index (χ2n) is 6.66. The molecule has 11 heteroatoms. The number of thioether (sulfide) groups is 1. The van der Waals surface area contributed by atoms with Crippen LogP contribution in [0.4, 0.5) is 5.13 Å². The molecular formula is C22H17ClN4O3S3. The van der Waals surface area contributed by atoms with Gasteiger partial charge in [0, 0.05) is 20.8 Å². The summed E-state index contributed by atoms with van der Waals surface area (Å²) in [5.74, 6) is -0.680. The molecular weight excluding hydrogens is 500 g/mol. The molecule has 7 nitrogen and oxygen atoms in total. The van der Waals surface area contributed by atoms with Crippen LogP contribution in [-0.2, 0) is 9.53 Å². The molecule has 4 rings (SSSR count). The largest absolute Gasteiger partial charge is 0.457 e. The molecule has 1 amide bonds. The number of hydrogen-bond donors (Lipinski definition) is 1. The van der Waals surface area contributed by atoms with Crippen molar-refractivity contribution >= 4 is 73.3 Å². The maximum absolute atomic E-state index is 12.6. The Kier molecular flexibility index (Phi) is 7.39. The van der Waals surface area contributed by atoms with Gasteiger partial charge in [-0.25, -0.2) is 19.7 Å². The number of thiophene rings is 1. The van der Waals surface area contributed by atoms with Gasteiger partial charge >= 0.3 is 5.97 Å². The lowest BCUT2D eigenvalue weighted by Crippen LogP contribution is -2.14. The number of fused-ring (bicyclic) bond motifs is 1. The summed E-state index contributed by atoms with van der Waals surface area (Å²) in [5.41, 5.74) is 2.18. The van der Waals surface area contributed by atoms with E-state index in [0.29, 0.717) is 20.1 Å². The van der Waals surface area contributed by atoms with Crippen molar-refractivity contribution in [2.45, 2.75) is 11.9 Å². The lowest BCUT2D eigenvalue weighted by molar-refractivity contribution is -0.113. The zero-order valence-corrected chi connectivity index (χ0v) is 20.5. The van der Waals surface area contributed by atoms with Gasteiger partial charge in [-0.15, -0.1) is 22.7 Å². The summed E-state index contributed by atoms with van der Waals surface area (Å²) in [4.78, 5) is 39.1. The van der Waals surface area contributed by atoms with Crippen LogP contribution < -0.4 is 5.32 Å². The summed E-state index contributed by atoms with van der Waals surface area (Å²) in [6.07, 6.45) is 2.98. The van der Waals surface area contributed by atoms with Gasteiger partial charge in [0.25, 0.3) is 0 Å². The molecule has 4 aromatic rings. The standard InChI is InChI=1S/C22H17ClN4O3S3/c1-3-8-30-21(29)18-12(2)33-22(27-18)26-16(28)10-32-20-17-15(9-31-19(17)24-11-25-20)13-4-6-14(23)7-5-13/h3-7,9,11H,1,8,10H2,2H3,(H,26,27,28). The number of benzene rings is 1. The lowest BCUT2D eigenvalue weighted by Gasteiger charge is -2.06. The van der Waals surface area contributed by atoms with E-state index < -0.39 is 5.97 Å². The van der Waals surface area contributed by atoms with Gasteiger partial charge in [-0.2, -0.15) is 0 Å². The summed E-state index contributed by atoms with van der Waals surface area (Å²) in [6.45, 7) is 5.36. The van der Waals surface area contributed by atoms with E-state index in [4.69, 9.17) is 16.3 Å². The average molecular weight is 517 g/mol. The van der Waals surface area contributed by atoms with Crippen LogP contribution in [-0.4, -0.2) is 39.2 Å². The number of ether oxygens (including phenoxy) is 1. The minimum atomic E-state index is -0.547. The summed E-state index contributed by atoms with van der Waals surface area (Å²) in [5, 5.41) is 7.39. The van der Waals surface area contributed by atoms with Crippen LogP contribution in [0.15, 0.2) is 53.7 Å². The Morgan fingerprint density at radius 1 is 1.27 bits per heavy atom. The highest BCUT2D eigenvalue weighted by Gasteiger charge is 2.19. The summed E-state index contributed by atoms with van der Waals surface area (Å²) >= 11 is 10.1. The average Bonchev–Trinajstić information content (AvgIpc) is 3.40. The molecule has 0 aliphatic carbocycles. The molecule has 0 bridgehead atoms. The van der Waals surface area contributed by atoms with Crippen LogP contribution in [0.2, 0.25) is 5.02 Å². The van der Waals surface area contributed by atoms with E-state index in [1.54, 1.807) is 6.92 Å². The van der Waals surface area contributed by atoms with Crippen molar-refractivity contribution in [3.05, 3.63) is 64.2 Å². The molecule has 3 aromatic heterocycles. The van der Waals surface area contributed by atoms with Crippen LogP contribution in [0.5, 0.6) is 0 Å². The van der Waals surface area contributed by atoms with Crippen molar-refractivity contribution in [1.82, 2.24) is 15.0 Å². The third-order valence-electron chi connectivity index (χ3n) is 4.40. The van der Waals surface area contributed by atoms with Crippen molar-refractivity contribution in [2.75, 3.05) is 17.7 Å². The number of amides is 1. The normalized spacial score (nSPS) is 10.8. The number of nitrogens with one attached hydrogen (secondary N) is 1. The third kappa shape index (κ3) is 5.41. The molecule has 0 atom stereocenters. The van der Waals surface area contributed by atoms with E-state index in [1.165, 1.54) is 46.8 Å². The molecule has 3 heterocycles. The van der Waals surface area contributed by atoms with Crippen molar-refractivity contribution in [3.63, 3.8) is 0 Å². The molecule has 0 radical (unpaired) electrons. The number of anilines is 1. The first-order chi connectivity index (χ1) is 16.0. The molecule has 168 valence electrons. The van der Waals surface area contributed by atoms with Crippen LogP contribution >= 0.6 is 46.0 Å². The van der Waals surface area contributed by atoms with Gasteiger partial charge in [0.15, 0.2) is 10.8 Å². The highest BCUT2D eigenvalue weighted by molar-refractivity contribution is 8.00. The van der Waals surface area contributed by atoms with Crippen LogP contribution in [0, 0.1) is 6.92 Å². The first kappa shape index (κ1) is 23.4. The van der Waals surface area contributed by atoms with Gasteiger partial charge in [0.05, 0.1) is 11.1 Å². The Labute approximate surface area is 206 Å². The van der Waals surface area contributed by atoms with Crippen molar-refractivity contribution in [2.24, 2.45) is 0 Å². The van der Waals surface area contributed by atoms with Gasteiger partial charge in [0.2, 0.25) is 5.91 Å². The van der Waals surface area contributed by atoms with E-state index in [0.717, 1.165) is 21.3 Å². The van der Waals surface area contributed by atoms with E-state index in [-0.39, 0.29) is 24.0 Å². The molecule has 0 spiro atoms. The van der Waals surface area contributed by atoms with E-state index in [9.17, 15) is 9.59 Å². The molecule has 0 aliphatic heterocycles. The fourth-order valence-corrected chi connectivity index (χ4v) is 5.67. The Balaban J connectivity index is 1.47. The Morgan fingerprint density at radius 3 is 2.82 bits per heavy atom. The monoisotopic (exact) mass is 516 g/mol. The predicted molar refractivity (Wildman–Crippen MR) is 135 cm³/mol. The van der Waals surface area contributed by atoms with Crippen LogP contribution in [0.25, 0.3) is 21.3 Å². The van der Waals surface area contributed by atoms with Gasteiger partial charge < -0.3 is 10.1 Å². The maximum Gasteiger partial charge on any atom is 0.358 e. The number of carbonyl (C=O) groups is 2. The number of carbonyl (C=O) groups excluding carboxylic acids is 2. The quantitative estimate of drug-likeness (QED) is 0.136. The van der Waals surface area contributed by atoms with Gasteiger partial charge in [0.1, 0.15) is 22.8 Å². The number of esters is 1. The maximum atomic E-state index is 12.6. The molecule has 0 aliphatic rings. The minimum Gasteiger partial charge on any atom is -0.457 e. The highest BCUT2D eigenvalue weighted by atomic mass is 35.5. The molecule has 1 aromatic carbocycles. The fraction of sp³-hybridized carbons (Fsp3) is 0.136.